The van der Waals surface area contributed by atoms with Crippen LogP contribution in [-0.2, 0) is 11.3 Å². The van der Waals surface area contributed by atoms with Gasteiger partial charge in [0.2, 0.25) is 0 Å². The molecule has 1 aromatic heterocycles. The van der Waals surface area contributed by atoms with Crippen LogP contribution in [-0.4, -0.2) is 34.0 Å². The van der Waals surface area contributed by atoms with Crippen molar-refractivity contribution in [3.8, 4) is 0 Å². The molecule has 0 radical (unpaired) electrons. The first-order chi connectivity index (χ1) is 8.15. The van der Waals surface area contributed by atoms with E-state index < -0.39 is 5.97 Å². The lowest BCUT2D eigenvalue weighted by atomic mass is 9.98. The third kappa shape index (κ3) is 3.51. The van der Waals surface area contributed by atoms with Crippen molar-refractivity contribution in [1.29, 1.82) is 0 Å². The molecule has 1 aliphatic heterocycles. The maximum atomic E-state index is 11.0. The van der Waals surface area contributed by atoms with Crippen LogP contribution in [0.25, 0.3) is 0 Å². The monoisotopic (exact) mass is 298 g/mol. The van der Waals surface area contributed by atoms with Crippen molar-refractivity contribution in [1.82, 2.24) is 9.88 Å². The summed E-state index contributed by atoms with van der Waals surface area (Å²) in [5.74, 6) is -0.893. The van der Waals surface area contributed by atoms with E-state index in [2.05, 4.69) is 25.8 Å². The van der Waals surface area contributed by atoms with Gasteiger partial charge in [0.1, 0.15) is 4.60 Å². The van der Waals surface area contributed by atoms with Gasteiger partial charge in [0.15, 0.2) is 0 Å². The molecule has 0 bridgehead atoms. The molecule has 0 aromatic carbocycles. The number of carboxylic acid groups (broad SMARTS) is 1. The van der Waals surface area contributed by atoms with Gasteiger partial charge in [0.25, 0.3) is 0 Å². The summed E-state index contributed by atoms with van der Waals surface area (Å²) < 4.78 is 0.823. The van der Waals surface area contributed by atoms with Gasteiger partial charge in [-0.05, 0) is 46.9 Å². The Bertz CT molecular complexity index is 394. The highest BCUT2D eigenvalue weighted by Crippen LogP contribution is 2.18. The Kier molecular flexibility index (Phi) is 4.12. The van der Waals surface area contributed by atoms with Gasteiger partial charge in [-0.15, -0.1) is 0 Å². The molecule has 1 aliphatic rings. The fourth-order valence-electron chi connectivity index (χ4n) is 2.16. The first-order valence-corrected chi connectivity index (χ1v) is 6.50. The van der Waals surface area contributed by atoms with Crippen LogP contribution in [0.5, 0.6) is 0 Å². The second kappa shape index (κ2) is 5.60. The highest BCUT2D eigenvalue weighted by molar-refractivity contribution is 9.10. The summed E-state index contributed by atoms with van der Waals surface area (Å²) in [5.41, 5.74) is 1.12. The van der Waals surface area contributed by atoms with Crippen molar-refractivity contribution in [2.75, 3.05) is 13.1 Å². The smallest absolute Gasteiger partial charge is 0.307 e. The van der Waals surface area contributed by atoms with E-state index in [1.807, 2.05) is 18.3 Å². The third-order valence-corrected chi connectivity index (χ3v) is 3.52. The Morgan fingerprint density at radius 1 is 1.59 bits per heavy atom. The molecule has 1 aromatic rings. The van der Waals surface area contributed by atoms with E-state index >= 15 is 0 Å². The summed E-state index contributed by atoms with van der Waals surface area (Å²) >= 11 is 3.30. The van der Waals surface area contributed by atoms with Crippen molar-refractivity contribution < 1.29 is 9.90 Å². The molecule has 1 N–H and O–H groups in total. The number of likely N-dealkylation sites (tertiary alicyclic amines) is 1. The maximum absolute atomic E-state index is 11.0. The van der Waals surface area contributed by atoms with Crippen LogP contribution in [0.1, 0.15) is 18.4 Å². The fourth-order valence-corrected chi connectivity index (χ4v) is 2.39. The van der Waals surface area contributed by atoms with Gasteiger partial charge in [0, 0.05) is 19.3 Å². The number of pyridine rings is 1. The van der Waals surface area contributed by atoms with E-state index in [-0.39, 0.29) is 5.92 Å². The topological polar surface area (TPSA) is 53.4 Å². The number of hydrogen-bond donors (Lipinski definition) is 1. The number of carbonyl (C=O) groups is 1. The summed E-state index contributed by atoms with van der Waals surface area (Å²) in [4.78, 5) is 17.3. The van der Waals surface area contributed by atoms with Crippen LogP contribution in [0.15, 0.2) is 22.9 Å². The van der Waals surface area contributed by atoms with E-state index in [0.29, 0.717) is 6.54 Å². The zero-order chi connectivity index (χ0) is 12.3. The lowest BCUT2D eigenvalue weighted by molar-refractivity contribution is -0.143. The molecule has 92 valence electrons. The average molecular weight is 299 g/mol. The van der Waals surface area contributed by atoms with Crippen molar-refractivity contribution in [2.24, 2.45) is 5.92 Å². The summed E-state index contributed by atoms with van der Waals surface area (Å²) in [6, 6.07) is 3.93. The summed E-state index contributed by atoms with van der Waals surface area (Å²) in [7, 11) is 0. The highest BCUT2D eigenvalue weighted by Gasteiger charge is 2.25. The number of halogens is 1. The fraction of sp³-hybridized carbons (Fsp3) is 0.500. The van der Waals surface area contributed by atoms with Crippen LogP contribution in [0, 0.1) is 5.92 Å². The minimum atomic E-state index is -0.677. The Balaban J connectivity index is 1.94. The van der Waals surface area contributed by atoms with Gasteiger partial charge >= 0.3 is 5.97 Å². The number of aliphatic carboxylic acids is 1. The number of nitrogens with zero attached hydrogens (tertiary/aromatic N) is 2. The van der Waals surface area contributed by atoms with E-state index in [1.54, 1.807) is 0 Å². The first-order valence-electron chi connectivity index (χ1n) is 5.71. The molecule has 4 nitrogen and oxygen atoms in total. The van der Waals surface area contributed by atoms with Crippen LogP contribution in [0.4, 0.5) is 0 Å². The minimum absolute atomic E-state index is 0.216. The highest BCUT2D eigenvalue weighted by atomic mass is 79.9. The second-order valence-corrected chi connectivity index (χ2v) is 5.21. The zero-order valence-electron chi connectivity index (χ0n) is 9.47. The van der Waals surface area contributed by atoms with Gasteiger partial charge in [0.05, 0.1) is 5.92 Å². The van der Waals surface area contributed by atoms with Gasteiger partial charge in [-0.1, -0.05) is 6.07 Å². The van der Waals surface area contributed by atoms with Crippen LogP contribution in [0.3, 0.4) is 0 Å². The number of rotatable bonds is 3. The molecule has 1 fully saturated rings. The predicted octanol–water partition coefficient (Wildman–Crippen LogP) is 2.14. The largest absolute Gasteiger partial charge is 0.481 e. The van der Waals surface area contributed by atoms with Crippen LogP contribution in [0.2, 0.25) is 0 Å². The standard InChI is InChI=1S/C12H15BrN2O2/c13-11-4-3-9(6-14-11)7-15-5-1-2-10(8-15)12(16)17/h3-4,6,10H,1-2,5,7-8H2,(H,16,17). The normalized spacial score (nSPS) is 21.4. The Hall–Kier alpha value is -0.940. The van der Waals surface area contributed by atoms with E-state index in [1.165, 1.54) is 0 Å². The van der Waals surface area contributed by atoms with Crippen molar-refractivity contribution in [2.45, 2.75) is 19.4 Å². The first kappa shape index (κ1) is 12.5. The van der Waals surface area contributed by atoms with Gasteiger partial charge < -0.3 is 5.11 Å². The molecule has 0 amide bonds. The summed E-state index contributed by atoms with van der Waals surface area (Å²) in [5, 5.41) is 9.01. The average Bonchev–Trinajstić information content (AvgIpc) is 2.32. The van der Waals surface area contributed by atoms with Crippen LogP contribution < -0.4 is 0 Å². The number of aromatic nitrogens is 1. The number of piperidine rings is 1. The van der Waals surface area contributed by atoms with Gasteiger partial charge in [-0.2, -0.15) is 0 Å². The third-order valence-electron chi connectivity index (χ3n) is 3.05. The summed E-state index contributed by atoms with van der Waals surface area (Å²) in [6.07, 6.45) is 3.58. The molecule has 1 unspecified atom stereocenters. The summed E-state index contributed by atoms with van der Waals surface area (Å²) in [6.45, 7) is 2.40. The maximum Gasteiger partial charge on any atom is 0.307 e. The quantitative estimate of drug-likeness (QED) is 0.869. The molecule has 2 heterocycles. The molecule has 1 atom stereocenters. The second-order valence-electron chi connectivity index (χ2n) is 4.40. The lowest BCUT2D eigenvalue weighted by Crippen LogP contribution is -2.38. The number of hydrogen-bond acceptors (Lipinski definition) is 3. The van der Waals surface area contributed by atoms with Gasteiger partial charge in [-0.3, -0.25) is 9.69 Å². The molecule has 2 rings (SSSR count). The van der Waals surface area contributed by atoms with Crippen molar-refractivity contribution in [3.63, 3.8) is 0 Å². The van der Waals surface area contributed by atoms with E-state index in [9.17, 15) is 4.79 Å². The predicted molar refractivity (Wildman–Crippen MR) is 67.6 cm³/mol. The zero-order valence-corrected chi connectivity index (χ0v) is 11.1. The molecule has 0 aliphatic carbocycles. The molecule has 0 spiro atoms. The van der Waals surface area contributed by atoms with Crippen LogP contribution >= 0.6 is 15.9 Å². The molecule has 5 heteroatoms. The molecule has 1 saturated heterocycles. The van der Waals surface area contributed by atoms with Crippen molar-refractivity contribution >= 4 is 21.9 Å². The molecular formula is C12H15BrN2O2. The Morgan fingerprint density at radius 2 is 2.41 bits per heavy atom. The van der Waals surface area contributed by atoms with Gasteiger partial charge in [-0.25, -0.2) is 4.98 Å². The lowest BCUT2D eigenvalue weighted by Gasteiger charge is -2.30. The van der Waals surface area contributed by atoms with E-state index in [4.69, 9.17) is 5.11 Å². The molecule has 17 heavy (non-hydrogen) atoms. The van der Waals surface area contributed by atoms with E-state index in [0.717, 1.165) is 36.1 Å². The Labute approximate surface area is 109 Å². The minimum Gasteiger partial charge on any atom is -0.481 e. The molecular weight excluding hydrogens is 284 g/mol. The number of carboxylic acids is 1. The SMILES string of the molecule is O=C(O)C1CCCN(Cc2ccc(Br)nc2)C1. The molecule has 0 saturated carbocycles. The Morgan fingerprint density at radius 3 is 3.06 bits per heavy atom. The van der Waals surface area contributed by atoms with Crippen molar-refractivity contribution in [3.05, 3.63) is 28.5 Å².